The molecule has 2 rings (SSSR count). The molecule has 1 aromatic rings. The zero-order valence-corrected chi connectivity index (χ0v) is 9.53. The Kier molecular flexibility index (Phi) is 2.35. The van der Waals surface area contributed by atoms with Crippen LogP contribution in [0, 0.1) is 24.2 Å². The number of aryl methyl sites for hydroxylation is 1. The van der Waals surface area contributed by atoms with Gasteiger partial charge in [0, 0.05) is 12.8 Å². The molecule has 0 saturated carbocycles. The van der Waals surface area contributed by atoms with Crippen molar-refractivity contribution in [3.8, 4) is 6.07 Å². The first kappa shape index (κ1) is 10.6. The zero-order valence-electron chi connectivity index (χ0n) is 9.53. The number of nitriles is 1. The maximum Gasteiger partial charge on any atom is 0.223 e. The topological polar surface area (TPSA) is 87.9 Å². The van der Waals surface area contributed by atoms with Crippen molar-refractivity contribution >= 4 is 5.88 Å². The van der Waals surface area contributed by atoms with Crippen molar-refractivity contribution in [3.05, 3.63) is 23.0 Å². The van der Waals surface area contributed by atoms with Crippen LogP contribution in [0.1, 0.15) is 31.4 Å². The third kappa shape index (κ3) is 1.43. The predicted molar refractivity (Wildman–Crippen MR) is 59.3 cm³/mol. The monoisotopic (exact) mass is 218 g/mol. The number of rotatable bonds is 1. The first-order valence-corrected chi connectivity index (χ1v) is 5.18. The van der Waals surface area contributed by atoms with Crippen molar-refractivity contribution < 1.29 is 4.42 Å². The molecule has 0 bridgehead atoms. The molecule has 0 amide bonds. The van der Waals surface area contributed by atoms with E-state index in [1.54, 1.807) is 6.92 Å². The Hall–Kier alpha value is -1.96. The predicted octanol–water partition coefficient (Wildman–Crippen LogP) is 1.84. The largest absolute Gasteiger partial charge is 0.425 e. The first-order valence-electron chi connectivity index (χ1n) is 5.18. The van der Waals surface area contributed by atoms with Gasteiger partial charge in [-0.3, -0.25) is 0 Å². The molecule has 16 heavy (non-hydrogen) atoms. The van der Waals surface area contributed by atoms with Gasteiger partial charge >= 0.3 is 0 Å². The van der Waals surface area contributed by atoms with E-state index in [2.05, 4.69) is 16.4 Å². The molecule has 0 aliphatic carbocycles. The normalized spacial score (nSPS) is 19.3. The third-order valence-electron chi connectivity index (χ3n) is 2.69. The van der Waals surface area contributed by atoms with Gasteiger partial charge in [-0.05, 0) is 5.92 Å². The summed E-state index contributed by atoms with van der Waals surface area (Å²) < 4.78 is 5.40. The molecule has 0 saturated heterocycles. The fourth-order valence-corrected chi connectivity index (χ4v) is 2.02. The number of hydrogen-bond acceptors (Lipinski definition) is 5. The highest BCUT2D eigenvalue weighted by Crippen LogP contribution is 2.40. The van der Waals surface area contributed by atoms with Crippen molar-refractivity contribution in [2.75, 3.05) is 5.32 Å². The summed E-state index contributed by atoms with van der Waals surface area (Å²) in [4.78, 5) is 4.32. The van der Waals surface area contributed by atoms with Gasteiger partial charge < -0.3 is 15.5 Å². The highest BCUT2D eigenvalue weighted by atomic mass is 16.4. The molecule has 2 heterocycles. The second-order valence-corrected chi connectivity index (χ2v) is 4.23. The Morgan fingerprint density at radius 3 is 2.81 bits per heavy atom. The Morgan fingerprint density at radius 1 is 1.56 bits per heavy atom. The van der Waals surface area contributed by atoms with Gasteiger partial charge in [0.2, 0.25) is 5.88 Å². The maximum absolute atomic E-state index is 9.13. The van der Waals surface area contributed by atoms with Crippen LogP contribution in [0.5, 0.6) is 0 Å². The smallest absolute Gasteiger partial charge is 0.223 e. The summed E-state index contributed by atoms with van der Waals surface area (Å²) >= 11 is 0. The van der Waals surface area contributed by atoms with Crippen LogP contribution >= 0.6 is 0 Å². The Morgan fingerprint density at radius 2 is 2.25 bits per heavy atom. The van der Waals surface area contributed by atoms with Crippen molar-refractivity contribution in [2.45, 2.75) is 26.7 Å². The molecular formula is C11H14N4O. The van der Waals surface area contributed by atoms with Gasteiger partial charge in [0.15, 0.2) is 5.89 Å². The molecular weight excluding hydrogens is 204 g/mol. The molecule has 5 nitrogen and oxygen atoms in total. The summed E-state index contributed by atoms with van der Waals surface area (Å²) in [5.74, 6) is 1.67. The van der Waals surface area contributed by atoms with Gasteiger partial charge in [-0.25, -0.2) is 4.98 Å². The van der Waals surface area contributed by atoms with E-state index in [1.165, 1.54) is 0 Å². The second kappa shape index (κ2) is 3.56. The average molecular weight is 218 g/mol. The fraction of sp³-hybridized carbons (Fsp3) is 0.455. The second-order valence-electron chi connectivity index (χ2n) is 4.23. The molecule has 0 unspecified atom stereocenters. The minimum absolute atomic E-state index is 0.0845. The average Bonchev–Trinajstić information content (AvgIpc) is 2.55. The van der Waals surface area contributed by atoms with Crippen LogP contribution < -0.4 is 11.1 Å². The molecule has 84 valence electrons. The quantitative estimate of drug-likeness (QED) is 0.750. The van der Waals surface area contributed by atoms with Gasteiger partial charge in [-0.2, -0.15) is 5.26 Å². The molecule has 0 radical (unpaired) electrons. The van der Waals surface area contributed by atoms with Gasteiger partial charge in [-0.1, -0.05) is 13.8 Å². The lowest BCUT2D eigenvalue weighted by molar-refractivity contribution is 0.520. The van der Waals surface area contributed by atoms with Crippen LogP contribution in [0.25, 0.3) is 0 Å². The standard InChI is InChI=1S/C11H14N4O/c1-5(2)8-7(4-12)10(13)15-11-9(8)14-6(3)16-11/h5,8,15H,13H2,1-3H3/t8-/m1/s1. The number of allylic oxidation sites excluding steroid dienone is 1. The van der Waals surface area contributed by atoms with E-state index >= 15 is 0 Å². The van der Waals surface area contributed by atoms with E-state index < -0.39 is 0 Å². The lowest BCUT2D eigenvalue weighted by atomic mass is 9.84. The minimum atomic E-state index is -0.0845. The highest BCUT2D eigenvalue weighted by Gasteiger charge is 2.33. The molecule has 5 heteroatoms. The van der Waals surface area contributed by atoms with E-state index in [-0.39, 0.29) is 11.8 Å². The number of oxazole rings is 1. The lowest BCUT2D eigenvalue weighted by Gasteiger charge is -2.24. The van der Waals surface area contributed by atoms with E-state index in [0.717, 1.165) is 5.69 Å². The summed E-state index contributed by atoms with van der Waals surface area (Å²) in [6, 6.07) is 2.15. The minimum Gasteiger partial charge on any atom is -0.425 e. The van der Waals surface area contributed by atoms with Crippen LogP contribution in [0.4, 0.5) is 5.88 Å². The third-order valence-corrected chi connectivity index (χ3v) is 2.69. The SMILES string of the molecule is Cc1nc2c(o1)NC(N)=C(C#N)[C@H]2C(C)C. The number of aromatic nitrogens is 1. The molecule has 0 aromatic carbocycles. The molecule has 0 fully saturated rings. The van der Waals surface area contributed by atoms with Crippen LogP contribution in [-0.4, -0.2) is 4.98 Å². The summed E-state index contributed by atoms with van der Waals surface area (Å²) in [6.07, 6.45) is 0. The molecule has 1 atom stereocenters. The number of fused-ring (bicyclic) bond motifs is 1. The summed E-state index contributed by atoms with van der Waals surface area (Å²) in [5, 5.41) is 12.0. The lowest BCUT2D eigenvalue weighted by Crippen LogP contribution is -2.24. The van der Waals surface area contributed by atoms with Crippen LogP contribution in [0.2, 0.25) is 0 Å². The van der Waals surface area contributed by atoms with Crippen molar-refractivity contribution in [1.29, 1.82) is 5.26 Å². The first-order chi connectivity index (χ1) is 7.54. The van der Waals surface area contributed by atoms with E-state index in [1.807, 2.05) is 13.8 Å². The molecule has 1 aliphatic rings. The van der Waals surface area contributed by atoms with Gasteiger partial charge in [0.05, 0.1) is 11.6 Å². The zero-order chi connectivity index (χ0) is 11.9. The molecule has 3 N–H and O–H groups in total. The molecule has 1 aromatic heterocycles. The summed E-state index contributed by atoms with van der Waals surface area (Å²) in [7, 11) is 0. The number of nitrogens with two attached hydrogens (primary N) is 1. The van der Waals surface area contributed by atoms with Crippen LogP contribution in [0.3, 0.4) is 0 Å². The number of nitrogens with zero attached hydrogens (tertiary/aromatic N) is 2. The van der Waals surface area contributed by atoms with Crippen molar-refractivity contribution in [3.63, 3.8) is 0 Å². The van der Waals surface area contributed by atoms with Crippen LogP contribution in [-0.2, 0) is 0 Å². The van der Waals surface area contributed by atoms with Crippen molar-refractivity contribution in [2.24, 2.45) is 11.7 Å². The maximum atomic E-state index is 9.13. The number of hydrogen-bond donors (Lipinski definition) is 2. The van der Waals surface area contributed by atoms with E-state index in [9.17, 15) is 0 Å². The Balaban J connectivity index is 2.57. The number of nitrogens with one attached hydrogen (secondary N) is 1. The van der Waals surface area contributed by atoms with E-state index in [0.29, 0.717) is 23.2 Å². The van der Waals surface area contributed by atoms with Gasteiger partial charge in [0.25, 0.3) is 0 Å². The summed E-state index contributed by atoms with van der Waals surface area (Å²) in [6.45, 7) is 5.85. The van der Waals surface area contributed by atoms with E-state index in [4.69, 9.17) is 15.4 Å². The van der Waals surface area contributed by atoms with Crippen molar-refractivity contribution in [1.82, 2.24) is 4.98 Å². The van der Waals surface area contributed by atoms with Gasteiger partial charge in [-0.15, -0.1) is 0 Å². The fourth-order valence-electron chi connectivity index (χ4n) is 2.02. The van der Waals surface area contributed by atoms with Gasteiger partial charge in [0.1, 0.15) is 11.5 Å². The van der Waals surface area contributed by atoms with Crippen LogP contribution in [0.15, 0.2) is 15.8 Å². The Bertz CT molecular complexity index is 493. The Labute approximate surface area is 94.0 Å². The number of anilines is 1. The highest BCUT2D eigenvalue weighted by molar-refractivity contribution is 5.57. The molecule has 0 spiro atoms. The molecule has 1 aliphatic heterocycles. The summed E-state index contributed by atoms with van der Waals surface area (Å²) in [5.41, 5.74) is 7.11.